The predicted octanol–water partition coefficient (Wildman–Crippen LogP) is 2.08. The molecule has 5 heteroatoms. The molecule has 0 aliphatic carbocycles. The van der Waals surface area contributed by atoms with Crippen molar-refractivity contribution in [3.05, 3.63) is 46.0 Å². The van der Waals surface area contributed by atoms with Gasteiger partial charge in [0.25, 0.3) is 5.69 Å². The molecule has 1 aromatic carbocycles. The van der Waals surface area contributed by atoms with Crippen LogP contribution in [-0.2, 0) is 4.79 Å². The highest BCUT2D eigenvalue weighted by atomic mass is 16.6. The molecule has 1 rings (SSSR count). The third-order valence-corrected chi connectivity index (χ3v) is 1.69. The van der Waals surface area contributed by atoms with Gasteiger partial charge >= 0.3 is 0 Å². The highest BCUT2D eigenvalue weighted by Gasteiger charge is 2.08. The van der Waals surface area contributed by atoms with E-state index >= 15 is 0 Å². The van der Waals surface area contributed by atoms with Crippen molar-refractivity contribution in [2.45, 2.75) is 6.92 Å². The molecule has 0 aliphatic heterocycles. The van der Waals surface area contributed by atoms with Crippen LogP contribution < -0.4 is 0 Å². The van der Waals surface area contributed by atoms with Crippen LogP contribution in [0, 0.1) is 10.1 Å². The van der Waals surface area contributed by atoms with Crippen molar-refractivity contribution in [1.29, 1.82) is 0 Å². The number of benzene rings is 1. The van der Waals surface area contributed by atoms with Crippen LogP contribution in [0.3, 0.4) is 0 Å². The van der Waals surface area contributed by atoms with E-state index in [2.05, 4.69) is 0 Å². The summed E-state index contributed by atoms with van der Waals surface area (Å²) in [4.78, 5) is 20.5. The Morgan fingerprint density at radius 3 is 2.73 bits per heavy atom. The minimum atomic E-state index is -0.565. The first-order chi connectivity index (χ1) is 7.00. The largest absolute Gasteiger partial charge is 0.507 e. The van der Waals surface area contributed by atoms with Crippen LogP contribution in [0.15, 0.2) is 30.3 Å². The fraction of sp³-hybridized carbons (Fsp3) is 0.100. The van der Waals surface area contributed by atoms with Crippen molar-refractivity contribution in [2.75, 3.05) is 0 Å². The van der Waals surface area contributed by atoms with Crippen molar-refractivity contribution in [2.24, 2.45) is 0 Å². The number of allylic oxidation sites excluding steroid dienone is 1. The second-order valence-electron chi connectivity index (χ2n) is 2.95. The number of rotatable bonds is 3. The van der Waals surface area contributed by atoms with Crippen LogP contribution in [0.4, 0.5) is 5.69 Å². The topological polar surface area (TPSA) is 80.4 Å². The monoisotopic (exact) mass is 207 g/mol. The Morgan fingerprint density at radius 2 is 2.20 bits per heavy atom. The Balaban J connectivity index is 3.11. The zero-order valence-electron chi connectivity index (χ0n) is 8.01. The quantitative estimate of drug-likeness (QED) is 0.356. The van der Waals surface area contributed by atoms with Crippen molar-refractivity contribution in [3.63, 3.8) is 0 Å². The number of nitrogens with zero attached hydrogens (tertiary/aromatic N) is 1. The minimum absolute atomic E-state index is 0.129. The first-order valence-electron chi connectivity index (χ1n) is 4.17. The summed E-state index contributed by atoms with van der Waals surface area (Å²) >= 11 is 0. The lowest BCUT2D eigenvalue weighted by Crippen LogP contribution is -1.92. The van der Waals surface area contributed by atoms with E-state index in [1.165, 1.54) is 31.2 Å². The highest BCUT2D eigenvalue weighted by Crippen LogP contribution is 2.18. The number of ketones is 1. The molecule has 0 radical (unpaired) electrons. The number of hydrogen-bond donors (Lipinski definition) is 1. The molecule has 1 N–H and O–H groups in total. The van der Waals surface area contributed by atoms with Crippen molar-refractivity contribution in [3.8, 4) is 0 Å². The second kappa shape index (κ2) is 4.36. The Morgan fingerprint density at radius 1 is 1.53 bits per heavy atom. The molecule has 0 saturated heterocycles. The van der Waals surface area contributed by atoms with Crippen LogP contribution in [-0.4, -0.2) is 15.8 Å². The summed E-state index contributed by atoms with van der Waals surface area (Å²) in [7, 11) is 0. The number of non-ortho nitro benzene ring substituents is 1. The third-order valence-electron chi connectivity index (χ3n) is 1.69. The van der Waals surface area contributed by atoms with E-state index in [1.54, 1.807) is 0 Å². The van der Waals surface area contributed by atoms with E-state index < -0.39 is 4.92 Å². The van der Waals surface area contributed by atoms with E-state index in [1.807, 2.05) is 0 Å². The molecule has 0 fully saturated rings. The summed E-state index contributed by atoms with van der Waals surface area (Å²) in [6.07, 6.45) is 1.01. The molecule has 0 unspecified atom stereocenters. The zero-order valence-corrected chi connectivity index (χ0v) is 8.01. The third kappa shape index (κ3) is 2.91. The number of aliphatic hydroxyl groups excluding tert-OH is 1. The van der Waals surface area contributed by atoms with Gasteiger partial charge in [0.05, 0.1) is 4.92 Å². The first-order valence-corrected chi connectivity index (χ1v) is 4.17. The SMILES string of the molecule is CC(=O)/C=C(\O)c1cccc([N+](=O)[O-])c1. The summed E-state index contributed by atoms with van der Waals surface area (Å²) < 4.78 is 0. The predicted molar refractivity (Wildman–Crippen MR) is 54.4 cm³/mol. The molecule has 0 heterocycles. The highest BCUT2D eigenvalue weighted by molar-refractivity contribution is 5.93. The van der Waals surface area contributed by atoms with Gasteiger partial charge in [-0.05, 0) is 6.92 Å². The van der Waals surface area contributed by atoms with E-state index in [-0.39, 0.29) is 22.8 Å². The minimum Gasteiger partial charge on any atom is -0.507 e. The van der Waals surface area contributed by atoms with Crippen LogP contribution in [0.25, 0.3) is 5.76 Å². The summed E-state index contributed by atoms with van der Waals surface area (Å²) in [6.45, 7) is 1.29. The summed E-state index contributed by atoms with van der Waals surface area (Å²) in [6, 6.07) is 5.44. The van der Waals surface area contributed by atoms with Gasteiger partial charge in [0, 0.05) is 23.8 Å². The first kappa shape index (κ1) is 10.9. The standard InChI is InChI=1S/C10H9NO4/c1-7(12)5-10(13)8-3-2-4-9(6-8)11(14)15/h2-6,13H,1H3/b10-5-. The number of nitro benzene ring substituents is 1. The number of hydrogen-bond acceptors (Lipinski definition) is 4. The van der Waals surface area contributed by atoms with Crippen molar-refractivity contribution in [1.82, 2.24) is 0 Å². The maximum absolute atomic E-state index is 10.7. The van der Waals surface area contributed by atoms with Gasteiger partial charge < -0.3 is 5.11 Å². The summed E-state index contributed by atoms with van der Waals surface area (Å²) in [5, 5.41) is 19.9. The van der Waals surface area contributed by atoms with Crippen molar-refractivity contribution < 1.29 is 14.8 Å². The number of carbonyl (C=O) groups is 1. The van der Waals surface area contributed by atoms with E-state index in [9.17, 15) is 20.0 Å². The molecule has 78 valence electrons. The van der Waals surface area contributed by atoms with Gasteiger partial charge in [-0.15, -0.1) is 0 Å². The van der Waals surface area contributed by atoms with E-state index in [0.717, 1.165) is 6.08 Å². The Hall–Kier alpha value is -2.17. The Kier molecular flexibility index (Phi) is 3.17. The van der Waals surface area contributed by atoms with Gasteiger partial charge in [-0.3, -0.25) is 14.9 Å². The zero-order chi connectivity index (χ0) is 11.4. The average molecular weight is 207 g/mol. The van der Waals surface area contributed by atoms with E-state index in [0.29, 0.717) is 0 Å². The lowest BCUT2D eigenvalue weighted by atomic mass is 10.1. The van der Waals surface area contributed by atoms with Gasteiger partial charge in [0.15, 0.2) is 5.78 Å². The molecule has 0 saturated carbocycles. The van der Waals surface area contributed by atoms with Crippen LogP contribution >= 0.6 is 0 Å². The van der Waals surface area contributed by atoms with Gasteiger partial charge in [0.1, 0.15) is 5.76 Å². The fourth-order valence-corrected chi connectivity index (χ4v) is 1.05. The van der Waals surface area contributed by atoms with Crippen LogP contribution in [0.1, 0.15) is 12.5 Å². The lowest BCUT2D eigenvalue weighted by Gasteiger charge is -1.98. The number of carbonyl (C=O) groups excluding carboxylic acids is 1. The maximum atomic E-state index is 10.7. The molecule has 0 amide bonds. The molecule has 0 atom stereocenters. The smallest absolute Gasteiger partial charge is 0.270 e. The number of nitro groups is 1. The molecule has 15 heavy (non-hydrogen) atoms. The fourth-order valence-electron chi connectivity index (χ4n) is 1.05. The average Bonchev–Trinajstić information content (AvgIpc) is 2.17. The second-order valence-corrected chi connectivity index (χ2v) is 2.95. The number of aliphatic hydroxyl groups is 1. The van der Waals surface area contributed by atoms with Gasteiger partial charge in [0.2, 0.25) is 0 Å². The van der Waals surface area contributed by atoms with Crippen LogP contribution in [0.5, 0.6) is 0 Å². The molecule has 0 bridgehead atoms. The Labute approximate surface area is 85.8 Å². The van der Waals surface area contributed by atoms with Crippen molar-refractivity contribution >= 4 is 17.2 Å². The lowest BCUT2D eigenvalue weighted by molar-refractivity contribution is -0.384. The molecular formula is C10H9NO4. The molecule has 0 spiro atoms. The van der Waals surface area contributed by atoms with E-state index in [4.69, 9.17) is 0 Å². The molecule has 0 aromatic heterocycles. The van der Waals surface area contributed by atoms with Gasteiger partial charge in [-0.2, -0.15) is 0 Å². The molecule has 5 nitrogen and oxygen atoms in total. The maximum Gasteiger partial charge on any atom is 0.270 e. The summed E-state index contributed by atoms with van der Waals surface area (Å²) in [5.41, 5.74) is 0.121. The molecule has 1 aromatic rings. The van der Waals surface area contributed by atoms with Gasteiger partial charge in [-0.25, -0.2) is 0 Å². The Bertz CT molecular complexity index is 437. The van der Waals surface area contributed by atoms with Gasteiger partial charge in [-0.1, -0.05) is 12.1 Å². The summed E-state index contributed by atoms with van der Waals surface area (Å²) in [5.74, 6) is -0.592. The molecular weight excluding hydrogens is 198 g/mol. The van der Waals surface area contributed by atoms with Crippen LogP contribution in [0.2, 0.25) is 0 Å². The normalized spacial score (nSPS) is 11.1. The molecule has 0 aliphatic rings.